The van der Waals surface area contributed by atoms with Crippen LogP contribution in [0.5, 0.6) is 0 Å². The molecule has 1 aromatic rings. The minimum absolute atomic E-state index is 0.0568. The molecule has 0 bridgehead atoms. The third kappa shape index (κ3) is 5.70. The SMILES string of the molecule is C=C(C)C(=O)OCC(O)COC(=O)c1ccc(C(C)(C)C(C)(C)C)cc1. The highest BCUT2D eigenvalue weighted by atomic mass is 16.6. The Hall–Kier alpha value is -2.14. The van der Waals surface area contributed by atoms with Gasteiger partial charge in [0.1, 0.15) is 19.3 Å². The predicted octanol–water partition coefficient (Wildman–Crippen LogP) is 3.65. The van der Waals surface area contributed by atoms with Crippen LogP contribution in [0.2, 0.25) is 0 Å². The van der Waals surface area contributed by atoms with Gasteiger partial charge in [-0.05, 0) is 35.4 Å². The van der Waals surface area contributed by atoms with Crippen LogP contribution in [0.15, 0.2) is 36.4 Å². The van der Waals surface area contributed by atoms with Crippen LogP contribution < -0.4 is 0 Å². The smallest absolute Gasteiger partial charge is 0.338 e. The molecule has 0 amide bonds. The second-order valence-corrected chi connectivity index (χ2v) is 8.08. The molecular formula is C21H30O5. The quantitative estimate of drug-likeness (QED) is 0.592. The standard InChI is InChI=1S/C21H30O5/c1-14(2)18(23)25-12-17(22)13-26-19(24)15-8-10-16(11-9-15)21(6,7)20(3,4)5/h8-11,17,22H,1,12-13H2,2-7H3. The van der Waals surface area contributed by atoms with Gasteiger partial charge in [0.25, 0.3) is 0 Å². The lowest BCUT2D eigenvalue weighted by molar-refractivity contribution is -0.142. The van der Waals surface area contributed by atoms with E-state index in [0.29, 0.717) is 5.56 Å². The molecule has 5 nitrogen and oxygen atoms in total. The fraction of sp³-hybridized carbons (Fsp3) is 0.524. The Kier molecular flexibility index (Phi) is 7.16. The van der Waals surface area contributed by atoms with E-state index in [4.69, 9.17) is 9.47 Å². The van der Waals surface area contributed by atoms with Crippen LogP contribution >= 0.6 is 0 Å². The van der Waals surface area contributed by atoms with E-state index in [0.717, 1.165) is 5.56 Å². The number of rotatable bonds is 7. The molecule has 144 valence electrons. The van der Waals surface area contributed by atoms with Crippen molar-refractivity contribution in [2.45, 2.75) is 53.1 Å². The lowest BCUT2D eigenvalue weighted by atomic mass is 9.65. The number of aliphatic hydroxyl groups excluding tert-OH is 1. The summed E-state index contributed by atoms with van der Waals surface area (Å²) in [6, 6.07) is 7.29. The van der Waals surface area contributed by atoms with E-state index >= 15 is 0 Å². The number of aliphatic hydroxyl groups is 1. The zero-order valence-electron chi connectivity index (χ0n) is 16.6. The first kappa shape index (κ1) is 21.9. The second kappa shape index (κ2) is 8.49. The van der Waals surface area contributed by atoms with E-state index in [9.17, 15) is 14.7 Å². The molecule has 0 saturated heterocycles. The summed E-state index contributed by atoms with van der Waals surface area (Å²) in [6.07, 6.45) is -1.08. The fourth-order valence-electron chi connectivity index (χ4n) is 2.05. The summed E-state index contributed by atoms with van der Waals surface area (Å²) >= 11 is 0. The van der Waals surface area contributed by atoms with E-state index in [1.165, 1.54) is 6.92 Å². The van der Waals surface area contributed by atoms with Crippen LogP contribution in [0.1, 0.15) is 57.5 Å². The molecule has 0 spiro atoms. The molecule has 0 aliphatic rings. The number of carbonyl (C=O) groups is 2. The van der Waals surface area contributed by atoms with Crippen molar-refractivity contribution in [2.75, 3.05) is 13.2 Å². The topological polar surface area (TPSA) is 72.8 Å². The van der Waals surface area contributed by atoms with Gasteiger partial charge < -0.3 is 14.6 Å². The molecule has 0 aromatic heterocycles. The number of carbonyl (C=O) groups excluding carboxylic acids is 2. The molecule has 26 heavy (non-hydrogen) atoms. The molecule has 0 fully saturated rings. The van der Waals surface area contributed by atoms with Crippen molar-refractivity contribution in [3.05, 3.63) is 47.5 Å². The van der Waals surface area contributed by atoms with Crippen LogP contribution in [0.3, 0.4) is 0 Å². The summed E-state index contributed by atoms with van der Waals surface area (Å²) in [5.41, 5.74) is 1.80. The van der Waals surface area contributed by atoms with Crippen molar-refractivity contribution >= 4 is 11.9 Å². The minimum atomic E-state index is -1.08. The Morgan fingerprint density at radius 2 is 1.54 bits per heavy atom. The van der Waals surface area contributed by atoms with Crippen LogP contribution in [0.4, 0.5) is 0 Å². The van der Waals surface area contributed by atoms with Crippen molar-refractivity contribution in [3.63, 3.8) is 0 Å². The van der Waals surface area contributed by atoms with E-state index in [1.54, 1.807) is 12.1 Å². The maximum atomic E-state index is 12.1. The van der Waals surface area contributed by atoms with E-state index < -0.39 is 18.0 Å². The first-order valence-electron chi connectivity index (χ1n) is 8.64. The monoisotopic (exact) mass is 362 g/mol. The van der Waals surface area contributed by atoms with Crippen LogP contribution in [0.25, 0.3) is 0 Å². The average Bonchev–Trinajstić information content (AvgIpc) is 2.56. The Balaban J connectivity index is 2.61. The number of ether oxygens (including phenoxy) is 2. The normalized spacial score (nSPS) is 13.0. The predicted molar refractivity (Wildman–Crippen MR) is 101 cm³/mol. The molecule has 0 aliphatic heterocycles. The van der Waals surface area contributed by atoms with Gasteiger partial charge in [-0.1, -0.05) is 53.3 Å². The van der Waals surface area contributed by atoms with Gasteiger partial charge in [-0.25, -0.2) is 9.59 Å². The van der Waals surface area contributed by atoms with Crippen LogP contribution in [0, 0.1) is 5.41 Å². The lowest BCUT2D eigenvalue weighted by Crippen LogP contribution is -2.33. The molecule has 1 unspecified atom stereocenters. The van der Waals surface area contributed by atoms with Gasteiger partial charge in [-0.3, -0.25) is 0 Å². The molecule has 1 aromatic carbocycles. The highest BCUT2D eigenvalue weighted by molar-refractivity contribution is 5.89. The number of hydrogen-bond acceptors (Lipinski definition) is 5. The highest BCUT2D eigenvalue weighted by Crippen LogP contribution is 2.40. The van der Waals surface area contributed by atoms with E-state index in [-0.39, 0.29) is 29.6 Å². The van der Waals surface area contributed by atoms with Crippen molar-refractivity contribution in [1.82, 2.24) is 0 Å². The summed E-state index contributed by atoms with van der Waals surface area (Å²) < 4.78 is 9.88. The number of esters is 2. The maximum Gasteiger partial charge on any atom is 0.338 e. The van der Waals surface area contributed by atoms with Crippen molar-refractivity contribution in [3.8, 4) is 0 Å². The summed E-state index contributed by atoms with van der Waals surface area (Å²) in [7, 11) is 0. The van der Waals surface area contributed by atoms with Crippen molar-refractivity contribution < 1.29 is 24.2 Å². The van der Waals surface area contributed by atoms with Gasteiger partial charge in [0.05, 0.1) is 5.56 Å². The van der Waals surface area contributed by atoms with E-state index in [1.807, 2.05) is 12.1 Å². The van der Waals surface area contributed by atoms with Crippen LogP contribution in [-0.2, 0) is 19.7 Å². The zero-order valence-corrected chi connectivity index (χ0v) is 16.6. The Labute approximate surface area is 156 Å². The molecule has 1 N–H and O–H groups in total. The Morgan fingerprint density at radius 3 is 2.00 bits per heavy atom. The Morgan fingerprint density at radius 1 is 1.04 bits per heavy atom. The fourth-order valence-corrected chi connectivity index (χ4v) is 2.05. The third-order valence-electron chi connectivity index (χ3n) is 4.88. The highest BCUT2D eigenvalue weighted by Gasteiger charge is 2.34. The third-order valence-corrected chi connectivity index (χ3v) is 4.88. The number of benzene rings is 1. The molecule has 5 heteroatoms. The second-order valence-electron chi connectivity index (χ2n) is 8.08. The molecule has 0 saturated carbocycles. The molecule has 1 atom stereocenters. The summed E-state index contributed by atoms with van der Waals surface area (Å²) in [6.45, 7) is 15.3. The van der Waals surface area contributed by atoms with E-state index in [2.05, 4.69) is 41.2 Å². The average molecular weight is 362 g/mol. The van der Waals surface area contributed by atoms with Crippen molar-refractivity contribution in [1.29, 1.82) is 0 Å². The first-order chi connectivity index (χ1) is 11.9. The summed E-state index contributed by atoms with van der Waals surface area (Å²) in [5, 5.41) is 9.73. The largest absolute Gasteiger partial charge is 0.459 e. The Bertz CT molecular complexity index is 650. The summed E-state index contributed by atoms with van der Waals surface area (Å²) in [4.78, 5) is 23.3. The van der Waals surface area contributed by atoms with Gasteiger partial charge in [0, 0.05) is 5.57 Å². The molecule has 0 radical (unpaired) electrons. The minimum Gasteiger partial charge on any atom is -0.459 e. The van der Waals surface area contributed by atoms with Gasteiger partial charge in [-0.15, -0.1) is 0 Å². The molecule has 0 aliphatic carbocycles. The maximum absolute atomic E-state index is 12.1. The molecular weight excluding hydrogens is 332 g/mol. The zero-order chi connectivity index (χ0) is 20.1. The van der Waals surface area contributed by atoms with Gasteiger partial charge >= 0.3 is 11.9 Å². The molecule has 1 rings (SSSR count). The first-order valence-corrected chi connectivity index (χ1v) is 8.64. The molecule has 0 heterocycles. The van der Waals surface area contributed by atoms with Crippen molar-refractivity contribution in [2.24, 2.45) is 5.41 Å². The van der Waals surface area contributed by atoms with Gasteiger partial charge in [-0.2, -0.15) is 0 Å². The van der Waals surface area contributed by atoms with Gasteiger partial charge in [0.2, 0.25) is 0 Å². The number of hydrogen-bond donors (Lipinski definition) is 1. The van der Waals surface area contributed by atoms with Gasteiger partial charge in [0.15, 0.2) is 0 Å². The summed E-state index contributed by atoms with van der Waals surface area (Å²) in [5.74, 6) is -1.12. The van der Waals surface area contributed by atoms with Crippen LogP contribution in [-0.4, -0.2) is 36.4 Å². The lowest BCUT2D eigenvalue weighted by Gasteiger charge is -2.39.